The Morgan fingerprint density at radius 1 is 1.25 bits per heavy atom. The molecule has 4 nitrogen and oxygen atoms in total. The summed E-state index contributed by atoms with van der Waals surface area (Å²) < 4.78 is 45.2. The summed E-state index contributed by atoms with van der Waals surface area (Å²) in [5, 5.41) is 3.42. The highest BCUT2D eigenvalue weighted by molar-refractivity contribution is 7.99. The van der Waals surface area contributed by atoms with Gasteiger partial charge in [-0.25, -0.2) is 4.98 Å². The number of carbonyl (C=O) groups is 1. The third-order valence-corrected chi connectivity index (χ3v) is 5.84. The summed E-state index contributed by atoms with van der Waals surface area (Å²) in [6, 6.07) is 10.8. The minimum absolute atomic E-state index is 0.0160. The first-order valence-corrected chi connectivity index (χ1v) is 10.4. The molecule has 0 bridgehead atoms. The number of ether oxygens (including phenoxy) is 1. The second kappa shape index (κ2) is 8.83. The number of thioether (sulfide) groups is 1. The number of thiazole rings is 1. The standard InChI is InChI=1S/C19H17F3N2O2S2/c1-2-26-15-8-7-12(19(20,21)22)9-14(15)23-17(25)10-27-11-18-24-13-5-3-4-6-16(13)28-18/h3-9H,2,10-11H2,1H3,(H,23,25). The Bertz CT molecular complexity index is 940. The van der Waals surface area contributed by atoms with Crippen LogP contribution in [0, 0.1) is 0 Å². The van der Waals surface area contributed by atoms with Gasteiger partial charge < -0.3 is 10.1 Å². The zero-order chi connectivity index (χ0) is 20.1. The van der Waals surface area contributed by atoms with Crippen LogP contribution in [-0.2, 0) is 16.7 Å². The van der Waals surface area contributed by atoms with E-state index in [1.54, 1.807) is 18.3 Å². The number of amides is 1. The molecule has 28 heavy (non-hydrogen) atoms. The first kappa shape index (κ1) is 20.5. The van der Waals surface area contributed by atoms with Crippen LogP contribution in [0.25, 0.3) is 10.2 Å². The number of hydrogen-bond donors (Lipinski definition) is 1. The molecule has 0 saturated carbocycles. The highest BCUT2D eigenvalue weighted by Gasteiger charge is 2.31. The van der Waals surface area contributed by atoms with Gasteiger partial charge in [0.1, 0.15) is 10.8 Å². The molecule has 2 aromatic carbocycles. The normalized spacial score (nSPS) is 11.6. The SMILES string of the molecule is CCOc1ccc(C(F)(F)F)cc1NC(=O)CSCc1nc2ccccc2s1. The van der Waals surface area contributed by atoms with Gasteiger partial charge in [0.2, 0.25) is 5.91 Å². The molecule has 0 radical (unpaired) electrons. The summed E-state index contributed by atoms with van der Waals surface area (Å²) in [6.45, 7) is 2.00. The van der Waals surface area contributed by atoms with Gasteiger partial charge >= 0.3 is 6.18 Å². The number of anilines is 1. The zero-order valence-corrected chi connectivity index (χ0v) is 16.5. The Labute approximate surface area is 168 Å². The number of halogens is 3. The minimum atomic E-state index is -4.49. The van der Waals surface area contributed by atoms with Crippen molar-refractivity contribution in [2.45, 2.75) is 18.9 Å². The molecular formula is C19H17F3N2O2S2. The fourth-order valence-corrected chi connectivity index (χ4v) is 4.33. The lowest BCUT2D eigenvalue weighted by Crippen LogP contribution is -2.16. The lowest BCUT2D eigenvalue weighted by Gasteiger charge is -2.14. The number of nitrogens with one attached hydrogen (secondary N) is 1. The third-order valence-electron chi connectivity index (χ3n) is 3.68. The van der Waals surface area contributed by atoms with Gasteiger partial charge in [-0.3, -0.25) is 4.79 Å². The van der Waals surface area contributed by atoms with E-state index in [4.69, 9.17) is 4.74 Å². The van der Waals surface area contributed by atoms with Gasteiger partial charge in [0, 0.05) is 5.75 Å². The van der Waals surface area contributed by atoms with Crippen molar-refractivity contribution in [1.82, 2.24) is 4.98 Å². The molecule has 0 spiro atoms. The number of hydrogen-bond acceptors (Lipinski definition) is 5. The van der Waals surface area contributed by atoms with E-state index in [2.05, 4.69) is 10.3 Å². The van der Waals surface area contributed by atoms with Gasteiger partial charge in [0.05, 0.1) is 33.8 Å². The van der Waals surface area contributed by atoms with Crippen molar-refractivity contribution in [2.75, 3.05) is 17.7 Å². The van der Waals surface area contributed by atoms with E-state index in [9.17, 15) is 18.0 Å². The number of benzene rings is 2. The number of para-hydroxylation sites is 1. The number of nitrogens with zero attached hydrogens (tertiary/aromatic N) is 1. The predicted molar refractivity (Wildman–Crippen MR) is 107 cm³/mol. The molecule has 0 aliphatic rings. The van der Waals surface area contributed by atoms with Crippen LogP contribution in [0.1, 0.15) is 17.5 Å². The maximum absolute atomic E-state index is 12.9. The zero-order valence-electron chi connectivity index (χ0n) is 14.9. The van der Waals surface area contributed by atoms with Gasteiger partial charge in [0.15, 0.2) is 0 Å². The molecule has 0 aliphatic carbocycles. The first-order valence-electron chi connectivity index (χ1n) is 8.43. The average Bonchev–Trinajstić information content (AvgIpc) is 3.05. The van der Waals surface area contributed by atoms with Crippen molar-refractivity contribution < 1.29 is 22.7 Å². The third kappa shape index (κ3) is 5.17. The van der Waals surface area contributed by atoms with Crippen LogP contribution in [0.3, 0.4) is 0 Å². The lowest BCUT2D eigenvalue weighted by atomic mass is 10.1. The van der Waals surface area contributed by atoms with Crippen LogP contribution in [0.4, 0.5) is 18.9 Å². The van der Waals surface area contributed by atoms with Gasteiger partial charge in [0.25, 0.3) is 0 Å². The molecule has 0 aliphatic heterocycles. The van der Waals surface area contributed by atoms with Crippen molar-refractivity contribution in [1.29, 1.82) is 0 Å². The average molecular weight is 426 g/mol. The van der Waals surface area contributed by atoms with E-state index < -0.39 is 17.6 Å². The van der Waals surface area contributed by atoms with Crippen LogP contribution < -0.4 is 10.1 Å². The summed E-state index contributed by atoms with van der Waals surface area (Å²) in [5.41, 5.74) is 0.0912. The van der Waals surface area contributed by atoms with E-state index in [1.165, 1.54) is 17.8 Å². The lowest BCUT2D eigenvalue weighted by molar-refractivity contribution is -0.137. The van der Waals surface area contributed by atoms with Crippen molar-refractivity contribution in [2.24, 2.45) is 0 Å². The molecule has 9 heteroatoms. The molecule has 148 valence electrons. The van der Waals surface area contributed by atoms with Gasteiger partial charge in [-0.2, -0.15) is 13.2 Å². The Kier molecular flexibility index (Phi) is 6.46. The Morgan fingerprint density at radius 2 is 2.04 bits per heavy atom. The number of alkyl halides is 3. The van der Waals surface area contributed by atoms with Crippen LogP contribution in [-0.4, -0.2) is 23.3 Å². The van der Waals surface area contributed by atoms with Crippen LogP contribution >= 0.6 is 23.1 Å². The van der Waals surface area contributed by atoms with E-state index in [1.807, 2.05) is 24.3 Å². The number of carbonyl (C=O) groups excluding carboxylic acids is 1. The number of rotatable bonds is 7. The second-order valence-corrected chi connectivity index (χ2v) is 7.86. The molecule has 1 heterocycles. The Balaban J connectivity index is 1.61. The topological polar surface area (TPSA) is 51.2 Å². The van der Waals surface area contributed by atoms with Crippen LogP contribution in [0.2, 0.25) is 0 Å². The summed E-state index contributed by atoms with van der Waals surface area (Å²) in [5.74, 6) is 0.456. The molecule has 1 amide bonds. The molecule has 0 saturated heterocycles. The van der Waals surface area contributed by atoms with E-state index in [0.29, 0.717) is 5.75 Å². The molecular weight excluding hydrogens is 409 g/mol. The van der Waals surface area contributed by atoms with Crippen molar-refractivity contribution >= 4 is 44.9 Å². The van der Waals surface area contributed by atoms with E-state index in [-0.39, 0.29) is 23.8 Å². The molecule has 0 atom stereocenters. The fourth-order valence-electron chi connectivity index (χ4n) is 2.48. The summed E-state index contributed by atoms with van der Waals surface area (Å²) in [7, 11) is 0. The maximum atomic E-state index is 12.9. The molecule has 1 aromatic heterocycles. The van der Waals surface area contributed by atoms with Gasteiger partial charge in [-0.05, 0) is 37.3 Å². The molecule has 1 N–H and O–H groups in total. The van der Waals surface area contributed by atoms with Crippen LogP contribution in [0.5, 0.6) is 5.75 Å². The smallest absolute Gasteiger partial charge is 0.416 e. The van der Waals surface area contributed by atoms with Crippen molar-refractivity contribution in [3.8, 4) is 5.75 Å². The number of aromatic nitrogens is 1. The largest absolute Gasteiger partial charge is 0.492 e. The second-order valence-electron chi connectivity index (χ2n) is 5.76. The summed E-state index contributed by atoms with van der Waals surface area (Å²) >= 11 is 2.91. The van der Waals surface area contributed by atoms with Gasteiger partial charge in [-0.15, -0.1) is 23.1 Å². The first-order chi connectivity index (χ1) is 13.4. The number of fused-ring (bicyclic) bond motifs is 1. The molecule has 3 rings (SSSR count). The Hall–Kier alpha value is -2.26. The maximum Gasteiger partial charge on any atom is 0.416 e. The Morgan fingerprint density at radius 3 is 2.75 bits per heavy atom. The van der Waals surface area contributed by atoms with Crippen molar-refractivity contribution in [3.63, 3.8) is 0 Å². The highest BCUT2D eigenvalue weighted by Crippen LogP contribution is 2.35. The highest BCUT2D eigenvalue weighted by atomic mass is 32.2. The van der Waals surface area contributed by atoms with Crippen molar-refractivity contribution in [3.05, 3.63) is 53.0 Å². The molecule has 3 aromatic rings. The van der Waals surface area contributed by atoms with Crippen LogP contribution in [0.15, 0.2) is 42.5 Å². The summed E-state index contributed by atoms with van der Waals surface area (Å²) in [4.78, 5) is 16.7. The quantitative estimate of drug-likeness (QED) is 0.535. The minimum Gasteiger partial charge on any atom is -0.492 e. The van der Waals surface area contributed by atoms with E-state index in [0.717, 1.165) is 27.4 Å². The molecule has 0 fully saturated rings. The van der Waals surface area contributed by atoms with E-state index >= 15 is 0 Å². The predicted octanol–water partition coefficient (Wildman–Crippen LogP) is 5.59. The van der Waals surface area contributed by atoms with Gasteiger partial charge in [-0.1, -0.05) is 12.1 Å². The molecule has 0 unspecified atom stereocenters. The fraction of sp³-hybridized carbons (Fsp3) is 0.263. The monoisotopic (exact) mass is 426 g/mol. The summed E-state index contributed by atoms with van der Waals surface area (Å²) in [6.07, 6.45) is -4.49.